The van der Waals surface area contributed by atoms with Crippen LogP contribution in [0, 0.1) is 5.82 Å². The zero-order valence-corrected chi connectivity index (χ0v) is 19.9. The van der Waals surface area contributed by atoms with Gasteiger partial charge in [-0.15, -0.1) is 0 Å². The van der Waals surface area contributed by atoms with Gasteiger partial charge < -0.3 is 20.3 Å². The highest BCUT2D eigenvalue weighted by molar-refractivity contribution is 6.01. The quantitative estimate of drug-likeness (QED) is 0.350. The summed E-state index contributed by atoms with van der Waals surface area (Å²) in [6, 6.07) is 7.77. The fraction of sp³-hybridized carbons (Fsp3) is 0.385. The van der Waals surface area contributed by atoms with Crippen LogP contribution in [0.15, 0.2) is 42.6 Å². The number of piperidine rings is 1. The Morgan fingerprint density at radius 2 is 1.89 bits per heavy atom. The number of hydrogen-bond donors (Lipinski definition) is 2. The number of rotatable bonds is 8. The number of fused-ring (bicyclic) bond motifs is 1. The molecule has 1 fully saturated rings. The number of benzene rings is 2. The highest BCUT2D eigenvalue weighted by atomic mass is 19.4. The molecular weight excluding hydrogens is 476 g/mol. The number of carbonyl (C=O) groups excluding carboxylic acids is 1. The number of likely N-dealkylation sites (tertiary alicyclic amines) is 1. The molecule has 0 radical (unpaired) electrons. The van der Waals surface area contributed by atoms with Gasteiger partial charge in [0.1, 0.15) is 17.4 Å². The average Bonchev–Trinajstić information content (AvgIpc) is 2.85. The summed E-state index contributed by atoms with van der Waals surface area (Å²) in [6.45, 7) is 3.01. The minimum atomic E-state index is -4.83. The highest BCUT2D eigenvalue weighted by Gasteiger charge is 2.34. The molecule has 4 rings (SSSR count). The second kappa shape index (κ2) is 11.1. The highest BCUT2D eigenvalue weighted by Crippen LogP contribution is 2.36. The van der Waals surface area contributed by atoms with Gasteiger partial charge in [-0.05, 0) is 80.7 Å². The first-order chi connectivity index (χ1) is 17.2. The Labute approximate surface area is 206 Å². The molecule has 192 valence electrons. The summed E-state index contributed by atoms with van der Waals surface area (Å²) in [5.41, 5.74) is -0.908. The number of anilines is 3. The third-order valence-corrected chi connectivity index (χ3v) is 6.22. The summed E-state index contributed by atoms with van der Waals surface area (Å²) in [7, 11) is 1.49. The van der Waals surface area contributed by atoms with Gasteiger partial charge in [0.15, 0.2) is 0 Å². The van der Waals surface area contributed by atoms with Gasteiger partial charge in [-0.3, -0.25) is 4.79 Å². The second-order valence-electron chi connectivity index (χ2n) is 8.80. The Balaban J connectivity index is 1.53. The Morgan fingerprint density at radius 1 is 1.11 bits per heavy atom. The maximum absolute atomic E-state index is 13.7. The van der Waals surface area contributed by atoms with Gasteiger partial charge in [0, 0.05) is 23.7 Å². The number of pyridine rings is 1. The minimum Gasteiger partial charge on any atom is -0.495 e. The van der Waals surface area contributed by atoms with E-state index in [4.69, 9.17) is 4.74 Å². The number of nitrogens with one attached hydrogen (secondary N) is 2. The van der Waals surface area contributed by atoms with Crippen LogP contribution in [0.1, 0.15) is 37.7 Å². The molecule has 2 aromatic carbocycles. The summed E-state index contributed by atoms with van der Waals surface area (Å²) in [5, 5.41) is 6.98. The molecule has 0 spiro atoms. The summed E-state index contributed by atoms with van der Waals surface area (Å²) in [6.07, 6.45) is 1.41. The first-order valence-corrected chi connectivity index (χ1v) is 11.9. The van der Waals surface area contributed by atoms with Crippen molar-refractivity contribution >= 4 is 33.9 Å². The summed E-state index contributed by atoms with van der Waals surface area (Å²) in [5.74, 6) is -0.800. The average molecular weight is 505 g/mol. The first kappa shape index (κ1) is 25.7. The van der Waals surface area contributed by atoms with Crippen molar-refractivity contribution in [3.05, 3.63) is 54.0 Å². The number of nitrogens with zero attached hydrogens (tertiary/aromatic N) is 2. The molecule has 10 heteroatoms. The molecule has 1 aromatic heterocycles. The van der Waals surface area contributed by atoms with Crippen LogP contribution in [0.4, 0.5) is 34.8 Å². The number of alkyl halides is 3. The summed E-state index contributed by atoms with van der Waals surface area (Å²) >= 11 is 0. The molecule has 3 aromatic rings. The third-order valence-electron chi connectivity index (χ3n) is 6.22. The summed E-state index contributed by atoms with van der Waals surface area (Å²) in [4.78, 5) is 19.3. The second-order valence-corrected chi connectivity index (χ2v) is 8.80. The van der Waals surface area contributed by atoms with Gasteiger partial charge in [-0.25, -0.2) is 9.37 Å². The van der Waals surface area contributed by atoms with Crippen molar-refractivity contribution in [1.29, 1.82) is 0 Å². The monoisotopic (exact) mass is 504 g/mol. The zero-order chi connectivity index (χ0) is 25.7. The van der Waals surface area contributed by atoms with E-state index in [-0.39, 0.29) is 17.4 Å². The van der Waals surface area contributed by atoms with Crippen LogP contribution in [0.3, 0.4) is 0 Å². The van der Waals surface area contributed by atoms with Crippen LogP contribution in [0.5, 0.6) is 5.75 Å². The van der Waals surface area contributed by atoms with Gasteiger partial charge in [-0.2, -0.15) is 13.2 Å². The third kappa shape index (κ3) is 6.23. The maximum atomic E-state index is 13.7. The van der Waals surface area contributed by atoms with Crippen molar-refractivity contribution in [2.24, 2.45) is 0 Å². The van der Waals surface area contributed by atoms with E-state index in [0.29, 0.717) is 34.7 Å². The maximum Gasteiger partial charge on any atom is 0.419 e. The van der Waals surface area contributed by atoms with Gasteiger partial charge in [0.2, 0.25) is 5.91 Å². The fourth-order valence-corrected chi connectivity index (χ4v) is 4.38. The van der Waals surface area contributed by atoms with E-state index in [1.807, 2.05) is 0 Å². The molecule has 2 heterocycles. The molecule has 1 aliphatic heterocycles. The van der Waals surface area contributed by atoms with Crippen molar-refractivity contribution in [3.8, 4) is 5.75 Å². The van der Waals surface area contributed by atoms with E-state index in [1.165, 1.54) is 38.6 Å². The fourth-order valence-electron chi connectivity index (χ4n) is 4.38. The Bertz CT molecular complexity index is 1230. The number of ether oxygens (including phenoxy) is 1. The number of methoxy groups -OCH3 is 1. The van der Waals surface area contributed by atoms with E-state index < -0.39 is 17.6 Å². The van der Waals surface area contributed by atoms with E-state index >= 15 is 0 Å². The Kier molecular flexibility index (Phi) is 7.93. The molecule has 0 saturated carbocycles. The van der Waals surface area contributed by atoms with Gasteiger partial charge in [0.05, 0.1) is 18.4 Å². The Morgan fingerprint density at radius 3 is 2.61 bits per heavy atom. The molecule has 1 saturated heterocycles. The van der Waals surface area contributed by atoms with Crippen LogP contribution in [0.2, 0.25) is 0 Å². The van der Waals surface area contributed by atoms with Crippen LogP contribution in [0.25, 0.3) is 10.8 Å². The van der Waals surface area contributed by atoms with Crippen molar-refractivity contribution in [3.63, 3.8) is 0 Å². The van der Waals surface area contributed by atoms with E-state index in [1.54, 1.807) is 18.2 Å². The van der Waals surface area contributed by atoms with Crippen LogP contribution in [-0.4, -0.2) is 42.5 Å². The topological polar surface area (TPSA) is 66.5 Å². The minimum absolute atomic E-state index is 0.0304. The van der Waals surface area contributed by atoms with E-state index in [2.05, 4.69) is 20.5 Å². The van der Waals surface area contributed by atoms with E-state index in [9.17, 15) is 22.4 Å². The van der Waals surface area contributed by atoms with Crippen LogP contribution in [-0.2, 0) is 11.0 Å². The van der Waals surface area contributed by atoms with Crippen molar-refractivity contribution in [1.82, 2.24) is 9.88 Å². The molecule has 0 aliphatic carbocycles. The number of amides is 1. The number of aromatic nitrogens is 1. The lowest BCUT2D eigenvalue weighted by Crippen LogP contribution is -2.31. The lowest BCUT2D eigenvalue weighted by atomic mass is 10.1. The molecule has 6 nitrogen and oxygen atoms in total. The van der Waals surface area contributed by atoms with Crippen molar-refractivity contribution in [2.45, 2.75) is 38.3 Å². The number of carbonyl (C=O) groups is 1. The lowest BCUT2D eigenvalue weighted by molar-refractivity contribution is -0.139. The standard InChI is InChI=1S/C26H28F4N4O2/c1-36-23-14-17-9-10-31-25(32-18-7-8-21(27)20(15-18)26(28,29)30)19(17)16-22(23)33-24(35)6-5-13-34-11-3-2-4-12-34/h7-10,14-16H,2-6,11-13H2,1H3,(H,31,32)(H,33,35). The van der Waals surface area contributed by atoms with Crippen LogP contribution >= 0.6 is 0 Å². The normalized spacial score (nSPS) is 14.6. The molecule has 2 N–H and O–H groups in total. The molecule has 1 aliphatic rings. The molecule has 0 atom stereocenters. The van der Waals surface area contributed by atoms with Gasteiger partial charge in [0.25, 0.3) is 0 Å². The van der Waals surface area contributed by atoms with Gasteiger partial charge >= 0.3 is 6.18 Å². The van der Waals surface area contributed by atoms with Crippen molar-refractivity contribution < 1.29 is 27.1 Å². The molecule has 0 bridgehead atoms. The molecular formula is C26H28F4N4O2. The molecule has 1 amide bonds. The summed E-state index contributed by atoms with van der Waals surface area (Å²) < 4.78 is 58.5. The largest absolute Gasteiger partial charge is 0.495 e. The lowest BCUT2D eigenvalue weighted by Gasteiger charge is -2.26. The predicted molar refractivity (Wildman–Crippen MR) is 131 cm³/mol. The smallest absolute Gasteiger partial charge is 0.419 e. The molecule has 0 unspecified atom stereocenters. The predicted octanol–water partition coefficient (Wildman–Crippen LogP) is 6.35. The zero-order valence-electron chi connectivity index (χ0n) is 19.9. The Hall–Kier alpha value is -3.40. The first-order valence-electron chi connectivity index (χ1n) is 11.9. The SMILES string of the molecule is COc1cc2ccnc(Nc3ccc(F)c(C(F)(F)F)c3)c2cc1NC(=O)CCCN1CCCCC1. The van der Waals surface area contributed by atoms with E-state index in [0.717, 1.165) is 32.1 Å². The molecule has 36 heavy (non-hydrogen) atoms. The van der Waals surface area contributed by atoms with Gasteiger partial charge in [-0.1, -0.05) is 6.42 Å². The number of halogens is 4. The van der Waals surface area contributed by atoms with Crippen LogP contribution < -0.4 is 15.4 Å². The van der Waals surface area contributed by atoms with Crippen molar-refractivity contribution in [2.75, 3.05) is 37.4 Å². The number of hydrogen-bond acceptors (Lipinski definition) is 5.